The van der Waals surface area contributed by atoms with Crippen LogP contribution in [0.4, 0.5) is 0 Å². The van der Waals surface area contributed by atoms with E-state index in [1.165, 1.54) is 0 Å². The fraction of sp³-hybridized carbons (Fsp3) is 0.353. The number of hydrogen-bond acceptors (Lipinski definition) is 6. The number of carbonyl (C=O) groups excluding carboxylic acids is 1. The molecular formula is C17H20N4O3. The highest BCUT2D eigenvalue weighted by Crippen LogP contribution is 2.20. The zero-order valence-electron chi connectivity index (χ0n) is 13.4. The minimum atomic E-state index is -0.161. The number of hydrogen-bond donors (Lipinski definition) is 2. The third kappa shape index (κ3) is 3.87. The average molecular weight is 328 g/mol. The van der Waals surface area contributed by atoms with Crippen LogP contribution in [0, 0.1) is 0 Å². The highest BCUT2D eigenvalue weighted by Gasteiger charge is 2.29. The van der Waals surface area contributed by atoms with Crippen molar-refractivity contribution in [3.05, 3.63) is 48.3 Å². The topological polar surface area (TPSA) is 87.6 Å². The van der Waals surface area contributed by atoms with Crippen LogP contribution >= 0.6 is 0 Å². The lowest BCUT2D eigenvalue weighted by Crippen LogP contribution is -2.36. The van der Waals surface area contributed by atoms with Crippen LogP contribution in [-0.2, 0) is 0 Å². The van der Waals surface area contributed by atoms with E-state index >= 15 is 0 Å². The molecule has 1 amide bonds. The Labute approximate surface area is 140 Å². The third-order valence-corrected chi connectivity index (χ3v) is 4.08. The zero-order chi connectivity index (χ0) is 16.9. The van der Waals surface area contributed by atoms with Crippen LogP contribution in [0.5, 0.6) is 11.8 Å². The molecule has 2 N–H and O–H groups in total. The van der Waals surface area contributed by atoms with Gasteiger partial charge in [-0.25, -0.2) is 9.97 Å². The van der Waals surface area contributed by atoms with E-state index in [1.54, 1.807) is 42.7 Å². The molecule has 0 bridgehead atoms. The summed E-state index contributed by atoms with van der Waals surface area (Å²) in [4.78, 5) is 22.5. The van der Waals surface area contributed by atoms with Gasteiger partial charge >= 0.3 is 6.01 Å². The predicted molar refractivity (Wildman–Crippen MR) is 87.9 cm³/mol. The lowest BCUT2D eigenvalue weighted by atomic mass is 10.1. The normalized spacial score (nSPS) is 20.8. The van der Waals surface area contributed by atoms with Crippen LogP contribution < -0.4 is 10.1 Å². The van der Waals surface area contributed by atoms with Crippen molar-refractivity contribution in [2.45, 2.75) is 18.5 Å². The molecule has 2 atom stereocenters. The zero-order valence-corrected chi connectivity index (χ0v) is 13.4. The number of ether oxygens (including phenoxy) is 1. The summed E-state index contributed by atoms with van der Waals surface area (Å²) in [6.45, 7) is 0.828. The van der Waals surface area contributed by atoms with Crippen molar-refractivity contribution >= 4 is 5.91 Å². The van der Waals surface area contributed by atoms with Crippen LogP contribution in [0.1, 0.15) is 16.8 Å². The van der Waals surface area contributed by atoms with Crippen LogP contribution in [0.25, 0.3) is 0 Å². The van der Waals surface area contributed by atoms with Crippen LogP contribution in [0.15, 0.2) is 42.7 Å². The lowest BCUT2D eigenvalue weighted by Gasteiger charge is -2.15. The van der Waals surface area contributed by atoms with Crippen molar-refractivity contribution in [2.75, 3.05) is 20.2 Å². The van der Waals surface area contributed by atoms with E-state index < -0.39 is 0 Å². The highest BCUT2D eigenvalue weighted by atomic mass is 16.5. The smallest absolute Gasteiger partial charge is 0.321 e. The van der Waals surface area contributed by atoms with Crippen molar-refractivity contribution in [2.24, 2.45) is 0 Å². The van der Waals surface area contributed by atoms with E-state index in [0.717, 1.165) is 13.0 Å². The molecule has 1 saturated heterocycles. The molecule has 3 rings (SSSR count). The Kier molecular flexibility index (Phi) is 5.02. The average Bonchev–Trinajstić information content (AvgIpc) is 2.95. The molecule has 7 heteroatoms. The summed E-state index contributed by atoms with van der Waals surface area (Å²) < 4.78 is 5.55. The first kappa shape index (κ1) is 16.4. The number of aromatic nitrogens is 2. The molecule has 2 heterocycles. The fourth-order valence-corrected chi connectivity index (χ4v) is 2.81. The number of aliphatic hydroxyl groups is 1. The van der Waals surface area contributed by atoms with Crippen LogP contribution in [0.2, 0.25) is 0 Å². The summed E-state index contributed by atoms with van der Waals surface area (Å²) in [5.74, 6) is 0.344. The Morgan fingerprint density at radius 1 is 1.38 bits per heavy atom. The molecule has 0 radical (unpaired) electrons. The maximum atomic E-state index is 12.4. The van der Waals surface area contributed by atoms with Gasteiger partial charge in [-0.2, -0.15) is 0 Å². The van der Waals surface area contributed by atoms with E-state index in [1.807, 2.05) is 7.05 Å². The fourth-order valence-electron chi connectivity index (χ4n) is 2.81. The summed E-state index contributed by atoms with van der Waals surface area (Å²) in [7, 11) is 1.95. The quantitative estimate of drug-likeness (QED) is 0.853. The second-order valence-corrected chi connectivity index (χ2v) is 5.84. The third-order valence-electron chi connectivity index (χ3n) is 4.08. The van der Waals surface area contributed by atoms with Gasteiger partial charge in [0.2, 0.25) is 0 Å². The highest BCUT2D eigenvalue weighted by molar-refractivity contribution is 5.94. The van der Waals surface area contributed by atoms with Crippen LogP contribution in [0.3, 0.4) is 0 Å². The molecule has 126 valence electrons. The first-order chi connectivity index (χ1) is 11.7. The second kappa shape index (κ2) is 7.37. The van der Waals surface area contributed by atoms with Gasteiger partial charge in [0.1, 0.15) is 5.75 Å². The van der Waals surface area contributed by atoms with E-state index in [0.29, 0.717) is 11.3 Å². The van der Waals surface area contributed by atoms with Gasteiger partial charge in [-0.15, -0.1) is 0 Å². The van der Waals surface area contributed by atoms with Gasteiger partial charge in [-0.1, -0.05) is 6.07 Å². The van der Waals surface area contributed by atoms with E-state index in [9.17, 15) is 9.90 Å². The molecule has 1 fully saturated rings. The monoisotopic (exact) mass is 328 g/mol. The number of rotatable bonds is 5. The Hall–Kier alpha value is -2.51. The minimum Gasteiger partial charge on any atom is -0.424 e. The van der Waals surface area contributed by atoms with Crippen molar-refractivity contribution in [1.82, 2.24) is 20.2 Å². The SMILES string of the molecule is CN1C[C@H](NC(=O)c2cccc(Oc3ncccn3)c2)C[C@H]1CO. The number of likely N-dealkylation sites (N-methyl/N-ethyl adjacent to an activating group) is 1. The summed E-state index contributed by atoms with van der Waals surface area (Å²) in [5, 5.41) is 12.3. The van der Waals surface area contributed by atoms with Crippen molar-refractivity contribution < 1.29 is 14.6 Å². The van der Waals surface area contributed by atoms with Gasteiger partial charge in [0.15, 0.2) is 0 Å². The van der Waals surface area contributed by atoms with E-state index in [-0.39, 0.29) is 30.6 Å². The van der Waals surface area contributed by atoms with Crippen molar-refractivity contribution in [3.63, 3.8) is 0 Å². The van der Waals surface area contributed by atoms with Crippen molar-refractivity contribution in [1.29, 1.82) is 0 Å². The van der Waals surface area contributed by atoms with E-state index in [2.05, 4.69) is 20.2 Å². The first-order valence-corrected chi connectivity index (χ1v) is 7.82. The molecule has 24 heavy (non-hydrogen) atoms. The number of carbonyl (C=O) groups is 1. The van der Waals surface area contributed by atoms with E-state index in [4.69, 9.17) is 4.74 Å². The minimum absolute atomic E-state index is 0.0293. The summed E-state index contributed by atoms with van der Waals surface area (Å²) in [5.41, 5.74) is 0.513. The van der Waals surface area contributed by atoms with Gasteiger partial charge in [-0.3, -0.25) is 9.69 Å². The summed E-state index contributed by atoms with van der Waals surface area (Å²) >= 11 is 0. The number of benzene rings is 1. The Morgan fingerprint density at radius 2 is 2.17 bits per heavy atom. The number of likely N-dealkylation sites (tertiary alicyclic amines) is 1. The molecule has 7 nitrogen and oxygen atoms in total. The Balaban J connectivity index is 1.64. The molecule has 1 aromatic heterocycles. The van der Waals surface area contributed by atoms with Gasteiger partial charge in [0.05, 0.1) is 6.61 Å². The van der Waals surface area contributed by atoms with Crippen LogP contribution in [-0.4, -0.2) is 58.2 Å². The second-order valence-electron chi connectivity index (χ2n) is 5.84. The summed E-state index contributed by atoms with van der Waals surface area (Å²) in [6.07, 6.45) is 3.92. The Morgan fingerprint density at radius 3 is 2.88 bits per heavy atom. The van der Waals surface area contributed by atoms with Gasteiger partial charge in [-0.05, 0) is 37.7 Å². The molecule has 0 aliphatic carbocycles. The standard InChI is InChI=1S/C17H20N4O3/c1-21-10-13(9-14(21)11-22)20-16(23)12-4-2-5-15(8-12)24-17-18-6-3-7-19-17/h2-8,13-14,22H,9-11H2,1H3,(H,20,23)/t13-,14+/m1/s1. The molecule has 1 aliphatic rings. The number of nitrogens with one attached hydrogen (secondary N) is 1. The van der Waals surface area contributed by atoms with Gasteiger partial charge < -0.3 is 15.2 Å². The molecule has 1 aromatic carbocycles. The Bertz CT molecular complexity index is 695. The lowest BCUT2D eigenvalue weighted by molar-refractivity contribution is 0.0938. The number of nitrogens with zero attached hydrogens (tertiary/aromatic N) is 3. The maximum absolute atomic E-state index is 12.4. The van der Waals surface area contributed by atoms with Crippen molar-refractivity contribution in [3.8, 4) is 11.8 Å². The largest absolute Gasteiger partial charge is 0.424 e. The molecular weight excluding hydrogens is 308 g/mol. The number of amides is 1. The number of aliphatic hydroxyl groups excluding tert-OH is 1. The molecule has 0 saturated carbocycles. The molecule has 0 spiro atoms. The first-order valence-electron chi connectivity index (χ1n) is 7.82. The molecule has 1 aliphatic heterocycles. The summed E-state index contributed by atoms with van der Waals surface area (Å²) in [6, 6.07) is 8.96. The predicted octanol–water partition coefficient (Wildman–Crippen LogP) is 1.06. The van der Waals surface area contributed by atoms with Gasteiger partial charge in [0, 0.05) is 36.6 Å². The maximum Gasteiger partial charge on any atom is 0.321 e. The molecule has 2 aromatic rings. The van der Waals surface area contributed by atoms with Gasteiger partial charge in [0.25, 0.3) is 5.91 Å². The molecule has 0 unspecified atom stereocenters.